The van der Waals surface area contributed by atoms with Crippen molar-refractivity contribution >= 4 is 5.91 Å². The third-order valence-electron chi connectivity index (χ3n) is 5.50. The van der Waals surface area contributed by atoms with Crippen LogP contribution in [0.5, 0.6) is 11.5 Å². The average Bonchev–Trinajstić information content (AvgIpc) is 3.35. The molecular formula is C24H27N3O3. The van der Waals surface area contributed by atoms with Crippen molar-refractivity contribution in [3.8, 4) is 11.5 Å². The standard InChI is InChI=1S/C24H27N3O3/c1-17-13-21(26(3)25-17)24(28)27(18(2)9-10-19-7-5-4-6-8-19)15-20-11-12-22-23(14-20)30-16-29-22/h4-8,11-14,18H,9-10,15-16H2,1-3H3/t18-/m0/s1. The van der Waals surface area contributed by atoms with Crippen molar-refractivity contribution in [2.24, 2.45) is 7.05 Å². The molecular weight excluding hydrogens is 378 g/mol. The quantitative estimate of drug-likeness (QED) is 0.593. The van der Waals surface area contributed by atoms with Crippen LogP contribution in [-0.4, -0.2) is 33.4 Å². The topological polar surface area (TPSA) is 56.6 Å². The highest BCUT2D eigenvalue weighted by atomic mass is 16.7. The summed E-state index contributed by atoms with van der Waals surface area (Å²) < 4.78 is 12.6. The normalized spacial score (nSPS) is 13.3. The molecule has 0 unspecified atom stereocenters. The second-order valence-corrected chi connectivity index (χ2v) is 7.79. The highest BCUT2D eigenvalue weighted by Crippen LogP contribution is 2.33. The summed E-state index contributed by atoms with van der Waals surface area (Å²) >= 11 is 0. The summed E-state index contributed by atoms with van der Waals surface area (Å²) in [7, 11) is 1.81. The predicted octanol–water partition coefficient (Wildman–Crippen LogP) is 4.12. The molecule has 1 amide bonds. The number of hydrogen-bond acceptors (Lipinski definition) is 4. The molecule has 0 spiro atoms. The van der Waals surface area contributed by atoms with Gasteiger partial charge in [-0.3, -0.25) is 9.48 Å². The van der Waals surface area contributed by atoms with Crippen LogP contribution in [0.2, 0.25) is 0 Å². The number of amides is 1. The fraction of sp³-hybridized carbons (Fsp3) is 0.333. The molecule has 6 heteroatoms. The lowest BCUT2D eigenvalue weighted by atomic mass is 10.0. The first-order chi connectivity index (χ1) is 14.5. The van der Waals surface area contributed by atoms with Crippen LogP contribution in [-0.2, 0) is 20.0 Å². The van der Waals surface area contributed by atoms with E-state index in [2.05, 4.69) is 24.2 Å². The Labute approximate surface area is 177 Å². The molecule has 0 N–H and O–H groups in total. The highest BCUT2D eigenvalue weighted by molar-refractivity contribution is 5.93. The van der Waals surface area contributed by atoms with Crippen molar-refractivity contribution < 1.29 is 14.3 Å². The van der Waals surface area contributed by atoms with E-state index in [1.165, 1.54) is 5.56 Å². The number of carbonyl (C=O) groups is 1. The van der Waals surface area contributed by atoms with Gasteiger partial charge in [0.25, 0.3) is 5.91 Å². The molecule has 0 radical (unpaired) electrons. The third-order valence-corrected chi connectivity index (χ3v) is 5.50. The van der Waals surface area contributed by atoms with Crippen molar-refractivity contribution in [3.63, 3.8) is 0 Å². The number of aromatic nitrogens is 2. The predicted molar refractivity (Wildman–Crippen MR) is 115 cm³/mol. The number of fused-ring (bicyclic) bond motifs is 1. The molecule has 1 atom stereocenters. The number of benzene rings is 2. The molecule has 0 aliphatic carbocycles. The first-order valence-electron chi connectivity index (χ1n) is 10.3. The Morgan fingerprint density at radius 3 is 2.60 bits per heavy atom. The van der Waals surface area contributed by atoms with Gasteiger partial charge in [0.1, 0.15) is 5.69 Å². The lowest BCUT2D eigenvalue weighted by Gasteiger charge is -2.29. The zero-order valence-electron chi connectivity index (χ0n) is 17.7. The maximum absolute atomic E-state index is 13.5. The summed E-state index contributed by atoms with van der Waals surface area (Å²) in [6, 6.07) is 18.1. The Morgan fingerprint density at radius 1 is 1.10 bits per heavy atom. The van der Waals surface area contributed by atoms with Crippen LogP contribution in [0.1, 0.15) is 40.7 Å². The molecule has 156 valence electrons. The molecule has 4 rings (SSSR count). The number of hydrogen-bond donors (Lipinski definition) is 0. The van der Waals surface area contributed by atoms with Crippen molar-refractivity contribution in [2.75, 3.05) is 6.79 Å². The van der Waals surface area contributed by atoms with Gasteiger partial charge in [-0.15, -0.1) is 0 Å². The van der Waals surface area contributed by atoms with Gasteiger partial charge in [0.15, 0.2) is 11.5 Å². The van der Waals surface area contributed by atoms with E-state index in [-0.39, 0.29) is 18.7 Å². The lowest BCUT2D eigenvalue weighted by molar-refractivity contribution is 0.0656. The van der Waals surface area contributed by atoms with Gasteiger partial charge in [0, 0.05) is 19.6 Å². The first kappa shape index (κ1) is 20.0. The van der Waals surface area contributed by atoms with E-state index >= 15 is 0 Å². The second kappa shape index (κ2) is 8.61. The van der Waals surface area contributed by atoms with Crippen LogP contribution in [0.4, 0.5) is 0 Å². The zero-order valence-corrected chi connectivity index (χ0v) is 17.7. The summed E-state index contributed by atoms with van der Waals surface area (Å²) in [5.41, 5.74) is 3.72. The highest BCUT2D eigenvalue weighted by Gasteiger charge is 2.25. The molecule has 2 heterocycles. The van der Waals surface area contributed by atoms with Gasteiger partial charge in [-0.2, -0.15) is 5.10 Å². The van der Waals surface area contributed by atoms with E-state index in [1.54, 1.807) is 4.68 Å². The van der Waals surface area contributed by atoms with Gasteiger partial charge in [-0.05, 0) is 56.0 Å². The molecule has 0 bridgehead atoms. The largest absolute Gasteiger partial charge is 0.454 e. The van der Waals surface area contributed by atoms with Gasteiger partial charge in [0.05, 0.1) is 5.69 Å². The zero-order chi connectivity index (χ0) is 21.1. The summed E-state index contributed by atoms with van der Waals surface area (Å²) in [5.74, 6) is 1.46. The fourth-order valence-electron chi connectivity index (χ4n) is 3.80. The van der Waals surface area contributed by atoms with Gasteiger partial charge in [-0.1, -0.05) is 36.4 Å². The number of nitrogens with zero attached hydrogens (tertiary/aromatic N) is 3. The van der Waals surface area contributed by atoms with Crippen LogP contribution in [0.3, 0.4) is 0 Å². The minimum Gasteiger partial charge on any atom is -0.454 e. The van der Waals surface area contributed by atoms with Crippen molar-refractivity contribution in [1.82, 2.24) is 14.7 Å². The molecule has 1 aliphatic heterocycles. The van der Waals surface area contributed by atoms with E-state index < -0.39 is 0 Å². The van der Waals surface area contributed by atoms with E-state index in [0.717, 1.165) is 35.6 Å². The Hall–Kier alpha value is -3.28. The molecule has 30 heavy (non-hydrogen) atoms. The molecule has 2 aromatic carbocycles. The minimum atomic E-state index is -0.0173. The average molecular weight is 405 g/mol. The van der Waals surface area contributed by atoms with Crippen LogP contribution >= 0.6 is 0 Å². The maximum Gasteiger partial charge on any atom is 0.272 e. The summed E-state index contributed by atoms with van der Waals surface area (Å²) in [4.78, 5) is 15.4. The Bertz CT molecular complexity index is 1030. The first-order valence-corrected chi connectivity index (χ1v) is 10.3. The van der Waals surface area contributed by atoms with Gasteiger partial charge < -0.3 is 14.4 Å². The van der Waals surface area contributed by atoms with Gasteiger partial charge >= 0.3 is 0 Å². The van der Waals surface area contributed by atoms with Crippen molar-refractivity contribution in [1.29, 1.82) is 0 Å². The fourth-order valence-corrected chi connectivity index (χ4v) is 3.80. The number of aryl methyl sites for hydroxylation is 3. The van der Waals surface area contributed by atoms with Crippen LogP contribution in [0, 0.1) is 6.92 Å². The summed E-state index contributed by atoms with van der Waals surface area (Å²) in [6.45, 7) is 4.74. The van der Waals surface area contributed by atoms with Crippen molar-refractivity contribution in [3.05, 3.63) is 77.1 Å². The number of carbonyl (C=O) groups excluding carboxylic acids is 1. The Kier molecular flexibility index (Phi) is 5.74. The van der Waals surface area contributed by atoms with Crippen LogP contribution < -0.4 is 9.47 Å². The SMILES string of the molecule is Cc1cc(C(=O)N(Cc2ccc3c(c2)OCO3)[C@@H](C)CCc2ccccc2)n(C)n1. The summed E-state index contributed by atoms with van der Waals surface area (Å²) in [5, 5.41) is 4.35. The molecule has 0 saturated heterocycles. The Balaban J connectivity index is 1.56. The second-order valence-electron chi connectivity index (χ2n) is 7.79. The molecule has 6 nitrogen and oxygen atoms in total. The number of ether oxygens (including phenoxy) is 2. The monoisotopic (exact) mass is 405 g/mol. The van der Waals surface area contributed by atoms with Crippen LogP contribution in [0.15, 0.2) is 54.6 Å². The molecule has 1 aliphatic rings. The molecule has 0 saturated carbocycles. The molecule has 0 fully saturated rings. The summed E-state index contributed by atoms with van der Waals surface area (Å²) in [6.07, 6.45) is 1.79. The molecule has 3 aromatic rings. The van der Waals surface area contributed by atoms with E-state index in [1.807, 2.05) is 61.3 Å². The maximum atomic E-state index is 13.5. The molecule has 1 aromatic heterocycles. The minimum absolute atomic E-state index is 0.0173. The van der Waals surface area contributed by atoms with Gasteiger partial charge in [-0.25, -0.2) is 0 Å². The van der Waals surface area contributed by atoms with Crippen molar-refractivity contribution in [2.45, 2.75) is 39.3 Å². The van der Waals surface area contributed by atoms with Gasteiger partial charge in [0.2, 0.25) is 6.79 Å². The Morgan fingerprint density at radius 2 is 1.87 bits per heavy atom. The van der Waals surface area contributed by atoms with E-state index in [9.17, 15) is 4.79 Å². The van der Waals surface area contributed by atoms with E-state index in [4.69, 9.17) is 9.47 Å². The van der Waals surface area contributed by atoms with E-state index in [0.29, 0.717) is 12.2 Å². The number of rotatable bonds is 7. The lowest BCUT2D eigenvalue weighted by Crippen LogP contribution is -2.39. The van der Waals surface area contributed by atoms with Crippen LogP contribution in [0.25, 0.3) is 0 Å². The third kappa shape index (κ3) is 4.32. The smallest absolute Gasteiger partial charge is 0.272 e.